The summed E-state index contributed by atoms with van der Waals surface area (Å²) >= 11 is 0. The number of nitrogens with one attached hydrogen (secondary N) is 1. The average Bonchev–Trinajstić information content (AvgIpc) is 2.76. The number of para-hydroxylation sites is 1. The zero-order valence-electron chi connectivity index (χ0n) is 17.6. The molecular weight excluding hydrogens is 384 g/mol. The van der Waals surface area contributed by atoms with Crippen molar-refractivity contribution in [2.45, 2.75) is 19.4 Å². The molecule has 0 bridgehead atoms. The van der Waals surface area contributed by atoms with E-state index in [1.54, 1.807) is 28.3 Å². The fourth-order valence-electron chi connectivity index (χ4n) is 2.99. The molecule has 0 aromatic heterocycles. The fourth-order valence-corrected chi connectivity index (χ4v) is 4.69. The largest absolute Gasteiger partial charge is 0.500 e. The van der Waals surface area contributed by atoms with Gasteiger partial charge in [0.15, 0.2) is 0 Å². The van der Waals surface area contributed by atoms with Gasteiger partial charge in [-0.15, -0.1) is 0 Å². The second-order valence-corrected chi connectivity index (χ2v) is 9.76. The molecule has 0 heterocycles. The van der Waals surface area contributed by atoms with E-state index in [1.165, 1.54) is 0 Å². The minimum Gasteiger partial charge on any atom is -0.377 e. The molecule has 0 saturated carbocycles. The first-order valence-electron chi connectivity index (χ1n) is 9.49. The average molecular weight is 415 g/mol. The minimum atomic E-state index is -2.61. The van der Waals surface area contributed by atoms with Crippen LogP contribution in [0.4, 0.5) is 17.1 Å². The van der Waals surface area contributed by atoms with Crippen LogP contribution in [-0.4, -0.2) is 42.6 Å². The SMILES string of the molecule is C=C(C)C(=O)Nc1ccc(N(CCC[Si](OC)(OC)OC)c2ccccc2)cc1. The van der Waals surface area contributed by atoms with Crippen LogP contribution in [0.1, 0.15) is 13.3 Å². The van der Waals surface area contributed by atoms with Crippen LogP contribution in [0.3, 0.4) is 0 Å². The summed E-state index contributed by atoms with van der Waals surface area (Å²) in [6, 6.07) is 18.7. The number of carbonyl (C=O) groups excluding carboxylic acids is 1. The summed E-state index contributed by atoms with van der Waals surface area (Å²) in [5, 5.41) is 2.83. The lowest BCUT2D eigenvalue weighted by Crippen LogP contribution is -2.43. The van der Waals surface area contributed by atoms with Crippen LogP contribution < -0.4 is 10.2 Å². The van der Waals surface area contributed by atoms with E-state index in [9.17, 15) is 4.79 Å². The Morgan fingerprint density at radius 2 is 1.52 bits per heavy atom. The van der Waals surface area contributed by atoms with Gasteiger partial charge in [0.2, 0.25) is 0 Å². The quantitative estimate of drug-likeness (QED) is 0.430. The van der Waals surface area contributed by atoms with E-state index in [4.69, 9.17) is 13.3 Å². The maximum absolute atomic E-state index is 11.8. The van der Waals surface area contributed by atoms with Crippen molar-refractivity contribution in [3.8, 4) is 0 Å². The molecule has 0 aliphatic heterocycles. The van der Waals surface area contributed by atoms with Crippen LogP contribution in [-0.2, 0) is 18.1 Å². The predicted molar refractivity (Wildman–Crippen MR) is 120 cm³/mol. The molecule has 156 valence electrons. The fraction of sp³-hybridized carbons (Fsp3) is 0.318. The third kappa shape index (κ3) is 6.27. The van der Waals surface area contributed by atoms with E-state index >= 15 is 0 Å². The Hall–Kier alpha value is -2.45. The Morgan fingerprint density at radius 3 is 2.03 bits per heavy atom. The van der Waals surface area contributed by atoms with Crippen LogP contribution in [0.15, 0.2) is 66.7 Å². The number of carbonyl (C=O) groups is 1. The highest BCUT2D eigenvalue weighted by molar-refractivity contribution is 6.60. The van der Waals surface area contributed by atoms with Crippen molar-refractivity contribution in [2.24, 2.45) is 0 Å². The molecule has 29 heavy (non-hydrogen) atoms. The Balaban J connectivity index is 2.17. The Labute approximate surface area is 174 Å². The zero-order valence-corrected chi connectivity index (χ0v) is 18.6. The van der Waals surface area contributed by atoms with E-state index < -0.39 is 8.80 Å². The van der Waals surface area contributed by atoms with Crippen molar-refractivity contribution >= 4 is 31.8 Å². The smallest absolute Gasteiger partial charge is 0.377 e. The second-order valence-electron chi connectivity index (χ2n) is 6.67. The number of benzene rings is 2. The molecule has 1 N–H and O–H groups in total. The first-order valence-corrected chi connectivity index (χ1v) is 11.4. The molecule has 0 atom stereocenters. The van der Waals surface area contributed by atoms with Crippen molar-refractivity contribution < 1.29 is 18.1 Å². The molecule has 0 fully saturated rings. The van der Waals surface area contributed by atoms with E-state index in [-0.39, 0.29) is 5.91 Å². The number of amides is 1. The van der Waals surface area contributed by atoms with Gasteiger partial charge in [-0.3, -0.25) is 4.79 Å². The molecule has 1 amide bonds. The van der Waals surface area contributed by atoms with Crippen molar-refractivity contribution in [3.05, 3.63) is 66.7 Å². The number of rotatable bonds is 11. The van der Waals surface area contributed by atoms with Crippen molar-refractivity contribution in [2.75, 3.05) is 38.1 Å². The summed E-state index contributed by atoms with van der Waals surface area (Å²) in [6.07, 6.45) is 0.838. The number of anilines is 3. The summed E-state index contributed by atoms with van der Waals surface area (Å²) in [5.41, 5.74) is 3.33. The van der Waals surface area contributed by atoms with E-state index in [0.29, 0.717) is 11.6 Å². The minimum absolute atomic E-state index is 0.183. The van der Waals surface area contributed by atoms with Crippen LogP contribution in [0, 0.1) is 0 Å². The Morgan fingerprint density at radius 1 is 0.966 bits per heavy atom. The maximum Gasteiger partial charge on any atom is 0.500 e. The lowest BCUT2D eigenvalue weighted by molar-refractivity contribution is -0.112. The van der Waals surface area contributed by atoms with Crippen molar-refractivity contribution in [1.29, 1.82) is 0 Å². The molecule has 2 rings (SSSR count). The van der Waals surface area contributed by atoms with Crippen LogP contribution in [0.2, 0.25) is 6.04 Å². The highest BCUT2D eigenvalue weighted by atomic mass is 28.4. The van der Waals surface area contributed by atoms with Gasteiger partial charge in [0, 0.05) is 56.6 Å². The van der Waals surface area contributed by atoms with Crippen molar-refractivity contribution in [3.63, 3.8) is 0 Å². The van der Waals surface area contributed by atoms with Gasteiger partial charge in [0.25, 0.3) is 5.91 Å². The van der Waals surface area contributed by atoms with Gasteiger partial charge in [-0.1, -0.05) is 24.8 Å². The summed E-state index contributed by atoms with van der Waals surface area (Å²) in [7, 11) is 2.29. The molecule has 0 spiro atoms. The van der Waals surface area contributed by atoms with Gasteiger partial charge < -0.3 is 23.5 Å². The highest BCUT2D eigenvalue weighted by Gasteiger charge is 2.37. The first kappa shape index (κ1) is 22.8. The normalized spacial score (nSPS) is 11.2. The summed E-state index contributed by atoms with van der Waals surface area (Å²) in [4.78, 5) is 14.0. The molecule has 7 heteroatoms. The predicted octanol–water partition coefficient (Wildman–Crippen LogP) is 4.61. The summed E-state index contributed by atoms with van der Waals surface area (Å²) in [6.45, 7) is 6.12. The van der Waals surface area contributed by atoms with E-state index in [1.807, 2.05) is 42.5 Å². The summed E-state index contributed by atoms with van der Waals surface area (Å²) < 4.78 is 16.6. The topological polar surface area (TPSA) is 60.0 Å². The van der Waals surface area contributed by atoms with Gasteiger partial charge in [-0.05, 0) is 49.7 Å². The van der Waals surface area contributed by atoms with E-state index in [0.717, 1.165) is 30.0 Å². The highest BCUT2D eigenvalue weighted by Crippen LogP contribution is 2.28. The molecule has 6 nitrogen and oxygen atoms in total. The molecule has 0 aliphatic rings. The lowest BCUT2D eigenvalue weighted by Gasteiger charge is -2.28. The van der Waals surface area contributed by atoms with Gasteiger partial charge in [-0.25, -0.2) is 0 Å². The standard InChI is InChI=1S/C22H30N2O4Si/c1-18(2)22(25)23-19-12-14-21(15-13-19)24(20-10-7-6-8-11-20)16-9-17-29(26-3,27-4)28-5/h6-8,10-15H,1,9,16-17H2,2-5H3,(H,23,25). The third-order valence-corrected chi connectivity index (χ3v) is 7.52. The molecule has 2 aromatic carbocycles. The first-order chi connectivity index (χ1) is 13.9. The third-order valence-electron chi connectivity index (χ3n) is 4.69. The molecular formula is C22H30N2O4Si. The van der Waals surface area contributed by atoms with Gasteiger partial charge in [-0.2, -0.15) is 0 Å². The van der Waals surface area contributed by atoms with Gasteiger partial charge in [0.1, 0.15) is 0 Å². The van der Waals surface area contributed by atoms with Crippen LogP contribution in [0.25, 0.3) is 0 Å². The van der Waals surface area contributed by atoms with Crippen LogP contribution in [0.5, 0.6) is 0 Å². The Bertz CT molecular complexity index is 784. The molecule has 0 radical (unpaired) electrons. The van der Waals surface area contributed by atoms with Crippen LogP contribution >= 0.6 is 0 Å². The van der Waals surface area contributed by atoms with Gasteiger partial charge in [0.05, 0.1) is 0 Å². The Kier molecular flexibility index (Phi) is 8.60. The molecule has 0 saturated heterocycles. The van der Waals surface area contributed by atoms with E-state index in [2.05, 4.69) is 28.9 Å². The monoisotopic (exact) mass is 414 g/mol. The number of nitrogens with zero attached hydrogens (tertiary/aromatic N) is 1. The lowest BCUT2D eigenvalue weighted by atomic mass is 10.2. The zero-order chi connectivity index (χ0) is 21.3. The second kappa shape index (κ2) is 10.9. The maximum atomic E-state index is 11.8. The molecule has 0 aliphatic carbocycles. The number of hydrogen-bond acceptors (Lipinski definition) is 5. The van der Waals surface area contributed by atoms with Gasteiger partial charge >= 0.3 is 8.80 Å². The number of hydrogen-bond donors (Lipinski definition) is 1. The molecule has 2 aromatic rings. The summed E-state index contributed by atoms with van der Waals surface area (Å²) in [5.74, 6) is -0.183. The molecule has 0 unspecified atom stereocenters. The van der Waals surface area contributed by atoms with Crippen molar-refractivity contribution in [1.82, 2.24) is 0 Å².